The van der Waals surface area contributed by atoms with Gasteiger partial charge in [-0.25, -0.2) is 0 Å². The molecule has 1 atom stereocenters. The van der Waals surface area contributed by atoms with Crippen molar-refractivity contribution in [2.24, 2.45) is 0 Å². The van der Waals surface area contributed by atoms with Crippen LogP contribution >= 0.6 is 11.3 Å². The summed E-state index contributed by atoms with van der Waals surface area (Å²) in [5, 5.41) is 8.17. The van der Waals surface area contributed by atoms with Crippen molar-refractivity contribution in [3.05, 3.63) is 82.0 Å². The van der Waals surface area contributed by atoms with E-state index in [9.17, 15) is 0 Å². The SMILES string of the molecule is CC(NC1c2ccccc2-c2ccccc21)c1ccsc1. The second kappa shape index (κ2) is 5.14. The molecule has 0 aliphatic heterocycles. The minimum atomic E-state index is 0.285. The third-order valence-corrected chi connectivity index (χ3v) is 5.00. The van der Waals surface area contributed by atoms with E-state index in [1.165, 1.54) is 27.8 Å². The Morgan fingerprint density at radius 1 is 0.905 bits per heavy atom. The topological polar surface area (TPSA) is 12.0 Å². The fourth-order valence-corrected chi connectivity index (χ4v) is 3.96. The summed E-state index contributed by atoms with van der Waals surface area (Å²) in [6.45, 7) is 2.24. The molecule has 2 aromatic carbocycles. The molecule has 0 fully saturated rings. The molecule has 0 radical (unpaired) electrons. The van der Waals surface area contributed by atoms with Crippen LogP contribution in [0.5, 0.6) is 0 Å². The van der Waals surface area contributed by atoms with E-state index in [0.717, 1.165) is 0 Å². The monoisotopic (exact) mass is 291 g/mol. The number of hydrogen-bond acceptors (Lipinski definition) is 2. The van der Waals surface area contributed by atoms with Gasteiger partial charge in [0.15, 0.2) is 0 Å². The molecule has 1 nitrogen and oxygen atoms in total. The van der Waals surface area contributed by atoms with E-state index in [0.29, 0.717) is 6.04 Å². The number of thiophene rings is 1. The normalized spacial score (nSPS) is 14.7. The van der Waals surface area contributed by atoms with Gasteiger partial charge >= 0.3 is 0 Å². The first-order chi connectivity index (χ1) is 10.3. The van der Waals surface area contributed by atoms with Crippen LogP contribution in [0.4, 0.5) is 0 Å². The Labute approximate surface area is 129 Å². The minimum Gasteiger partial charge on any atom is -0.300 e. The number of fused-ring (bicyclic) bond motifs is 3. The van der Waals surface area contributed by atoms with E-state index in [-0.39, 0.29) is 6.04 Å². The Kier molecular flexibility index (Phi) is 3.13. The second-order valence-corrected chi connectivity index (χ2v) is 6.33. The standard InChI is InChI=1S/C19H17NS/c1-13(14-10-11-21-12-14)20-19-17-8-4-2-6-15(17)16-7-3-5-9-18(16)19/h2-13,19-20H,1H3. The van der Waals surface area contributed by atoms with Crippen molar-refractivity contribution in [2.75, 3.05) is 0 Å². The summed E-state index contributed by atoms with van der Waals surface area (Å²) in [4.78, 5) is 0. The van der Waals surface area contributed by atoms with Crippen molar-refractivity contribution >= 4 is 11.3 Å². The molecule has 0 spiro atoms. The van der Waals surface area contributed by atoms with Crippen LogP contribution in [0.1, 0.15) is 35.7 Å². The van der Waals surface area contributed by atoms with Crippen molar-refractivity contribution < 1.29 is 0 Å². The first kappa shape index (κ1) is 12.8. The van der Waals surface area contributed by atoms with Gasteiger partial charge in [0.2, 0.25) is 0 Å². The summed E-state index contributed by atoms with van der Waals surface area (Å²) < 4.78 is 0. The highest BCUT2D eigenvalue weighted by Crippen LogP contribution is 2.43. The molecule has 0 bridgehead atoms. The zero-order chi connectivity index (χ0) is 14.2. The van der Waals surface area contributed by atoms with Crippen molar-refractivity contribution in [3.8, 4) is 11.1 Å². The summed E-state index contributed by atoms with van der Waals surface area (Å²) in [6, 6.07) is 20.3. The Morgan fingerprint density at radius 2 is 1.52 bits per heavy atom. The molecule has 4 rings (SSSR count). The Bertz CT molecular complexity index is 715. The molecule has 104 valence electrons. The molecule has 1 aliphatic carbocycles. The lowest BCUT2D eigenvalue weighted by Crippen LogP contribution is -2.23. The van der Waals surface area contributed by atoms with Gasteiger partial charge in [-0.05, 0) is 51.6 Å². The van der Waals surface area contributed by atoms with Gasteiger partial charge in [0.1, 0.15) is 0 Å². The number of hydrogen-bond donors (Lipinski definition) is 1. The van der Waals surface area contributed by atoms with Crippen LogP contribution in [0.2, 0.25) is 0 Å². The number of benzene rings is 2. The summed E-state index contributed by atoms with van der Waals surface area (Å²) in [5.41, 5.74) is 6.87. The Balaban J connectivity index is 1.75. The predicted octanol–water partition coefficient (Wildman–Crippen LogP) is 5.17. The molecule has 1 aliphatic rings. The highest BCUT2D eigenvalue weighted by molar-refractivity contribution is 7.07. The molecule has 1 aromatic heterocycles. The maximum atomic E-state index is 3.80. The van der Waals surface area contributed by atoms with Crippen LogP contribution in [-0.4, -0.2) is 0 Å². The maximum absolute atomic E-state index is 3.80. The lowest BCUT2D eigenvalue weighted by molar-refractivity contribution is 0.524. The molecule has 0 saturated carbocycles. The van der Waals surface area contributed by atoms with Crippen LogP contribution in [0.25, 0.3) is 11.1 Å². The van der Waals surface area contributed by atoms with E-state index >= 15 is 0 Å². The van der Waals surface area contributed by atoms with Gasteiger partial charge in [-0.2, -0.15) is 11.3 Å². The fraction of sp³-hybridized carbons (Fsp3) is 0.158. The first-order valence-electron chi connectivity index (χ1n) is 7.31. The smallest absolute Gasteiger partial charge is 0.0593 e. The number of rotatable bonds is 3. The van der Waals surface area contributed by atoms with Gasteiger partial charge in [0, 0.05) is 6.04 Å². The van der Waals surface area contributed by atoms with Crippen LogP contribution < -0.4 is 5.32 Å². The quantitative estimate of drug-likeness (QED) is 0.702. The van der Waals surface area contributed by atoms with Gasteiger partial charge in [0.05, 0.1) is 6.04 Å². The van der Waals surface area contributed by atoms with Gasteiger partial charge < -0.3 is 0 Å². The van der Waals surface area contributed by atoms with Crippen molar-refractivity contribution in [2.45, 2.75) is 19.0 Å². The third-order valence-electron chi connectivity index (χ3n) is 4.29. The Hall–Kier alpha value is -1.90. The summed E-state index contributed by atoms with van der Waals surface area (Å²) >= 11 is 1.76. The highest BCUT2D eigenvalue weighted by atomic mass is 32.1. The lowest BCUT2D eigenvalue weighted by atomic mass is 10.0. The van der Waals surface area contributed by atoms with Crippen molar-refractivity contribution in [1.82, 2.24) is 5.32 Å². The zero-order valence-corrected chi connectivity index (χ0v) is 12.7. The molecule has 2 heteroatoms. The molecule has 21 heavy (non-hydrogen) atoms. The Morgan fingerprint density at radius 3 is 2.10 bits per heavy atom. The minimum absolute atomic E-state index is 0.285. The van der Waals surface area contributed by atoms with Crippen LogP contribution in [0.15, 0.2) is 65.4 Å². The van der Waals surface area contributed by atoms with Crippen LogP contribution in [-0.2, 0) is 0 Å². The van der Waals surface area contributed by atoms with Crippen molar-refractivity contribution in [1.29, 1.82) is 0 Å². The zero-order valence-electron chi connectivity index (χ0n) is 11.9. The van der Waals surface area contributed by atoms with Gasteiger partial charge in [-0.3, -0.25) is 5.32 Å². The van der Waals surface area contributed by atoms with E-state index in [2.05, 4.69) is 77.6 Å². The van der Waals surface area contributed by atoms with E-state index in [1.54, 1.807) is 11.3 Å². The predicted molar refractivity (Wildman–Crippen MR) is 89.6 cm³/mol. The molecule has 1 heterocycles. The van der Waals surface area contributed by atoms with Crippen LogP contribution in [0.3, 0.4) is 0 Å². The molecule has 3 aromatic rings. The van der Waals surface area contributed by atoms with Crippen molar-refractivity contribution in [3.63, 3.8) is 0 Å². The first-order valence-corrected chi connectivity index (χ1v) is 8.25. The molecule has 0 saturated heterocycles. The summed E-state index contributed by atoms with van der Waals surface area (Å²) in [7, 11) is 0. The van der Waals surface area contributed by atoms with Gasteiger partial charge in [0.25, 0.3) is 0 Å². The fourth-order valence-electron chi connectivity index (χ4n) is 3.20. The third kappa shape index (κ3) is 2.11. The van der Waals surface area contributed by atoms with E-state index in [1.807, 2.05) is 0 Å². The molecule has 1 unspecified atom stereocenters. The van der Waals surface area contributed by atoms with E-state index < -0.39 is 0 Å². The lowest BCUT2D eigenvalue weighted by Gasteiger charge is -2.21. The van der Waals surface area contributed by atoms with E-state index in [4.69, 9.17) is 0 Å². The van der Waals surface area contributed by atoms with Crippen LogP contribution in [0, 0.1) is 0 Å². The van der Waals surface area contributed by atoms with Gasteiger partial charge in [-0.1, -0.05) is 48.5 Å². The average molecular weight is 291 g/mol. The molecule has 1 N–H and O–H groups in total. The summed E-state index contributed by atoms with van der Waals surface area (Å²) in [6.07, 6.45) is 0. The molecular weight excluding hydrogens is 274 g/mol. The molecule has 0 amide bonds. The second-order valence-electron chi connectivity index (χ2n) is 5.55. The molecular formula is C19H17NS. The largest absolute Gasteiger partial charge is 0.300 e. The average Bonchev–Trinajstić information content (AvgIpc) is 3.15. The highest BCUT2D eigenvalue weighted by Gasteiger charge is 2.28. The summed E-state index contributed by atoms with van der Waals surface area (Å²) in [5.74, 6) is 0. The van der Waals surface area contributed by atoms with Gasteiger partial charge in [-0.15, -0.1) is 0 Å². The maximum Gasteiger partial charge on any atom is 0.0593 e. The number of nitrogens with one attached hydrogen (secondary N) is 1.